The van der Waals surface area contributed by atoms with Gasteiger partial charge in [0, 0.05) is 51.9 Å². The molecule has 3 heterocycles. The summed E-state index contributed by atoms with van der Waals surface area (Å²) >= 11 is 0. The van der Waals surface area contributed by atoms with Crippen molar-refractivity contribution in [3.05, 3.63) is 0 Å². The van der Waals surface area contributed by atoms with Gasteiger partial charge in [0.05, 0.1) is 0 Å². The molecule has 0 saturated carbocycles. The number of piperazine rings is 1. The summed E-state index contributed by atoms with van der Waals surface area (Å²) in [6.45, 7) is 23.4. The highest BCUT2D eigenvalue weighted by molar-refractivity contribution is 5.47. The maximum Gasteiger partial charge on any atom is 0.209 e. The zero-order valence-electron chi connectivity index (χ0n) is 20.0. The van der Waals surface area contributed by atoms with Crippen LogP contribution in [0, 0.1) is 17.8 Å². The molecule has 3 rings (SSSR count). The number of hydrogen-bond acceptors (Lipinski definition) is 4. The van der Waals surface area contributed by atoms with Crippen molar-refractivity contribution in [2.24, 2.45) is 17.8 Å². The van der Waals surface area contributed by atoms with Crippen molar-refractivity contribution < 1.29 is 4.79 Å². The van der Waals surface area contributed by atoms with E-state index in [9.17, 15) is 4.79 Å². The van der Waals surface area contributed by atoms with Gasteiger partial charge in [-0.3, -0.25) is 9.69 Å². The van der Waals surface area contributed by atoms with Gasteiger partial charge in [0.1, 0.15) is 0 Å². The van der Waals surface area contributed by atoms with E-state index in [2.05, 4.69) is 49.3 Å². The number of piperidine rings is 2. The molecule has 3 fully saturated rings. The smallest absolute Gasteiger partial charge is 0.209 e. The summed E-state index contributed by atoms with van der Waals surface area (Å²) in [4.78, 5) is 20.3. The van der Waals surface area contributed by atoms with Crippen LogP contribution in [0.25, 0.3) is 0 Å². The van der Waals surface area contributed by atoms with E-state index in [0.29, 0.717) is 6.04 Å². The molecule has 0 radical (unpaired) electrons. The van der Waals surface area contributed by atoms with E-state index < -0.39 is 0 Å². The molecule has 3 saturated heterocycles. The van der Waals surface area contributed by atoms with Gasteiger partial charge in [-0.05, 0) is 76.9 Å². The minimum absolute atomic E-state index is 0.683. The van der Waals surface area contributed by atoms with Crippen molar-refractivity contribution in [2.45, 2.75) is 66.3 Å². The van der Waals surface area contributed by atoms with Crippen LogP contribution in [0.15, 0.2) is 0 Å². The fraction of sp³-hybridized carbons (Fsp3) is 0.958. The average Bonchev–Trinajstić information content (AvgIpc) is 2.75. The molecule has 0 aromatic rings. The Bertz CT molecular complexity index is 432. The van der Waals surface area contributed by atoms with Gasteiger partial charge in [0.25, 0.3) is 0 Å². The highest BCUT2D eigenvalue weighted by Crippen LogP contribution is 2.24. The first-order valence-electron chi connectivity index (χ1n) is 12.3. The van der Waals surface area contributed by atoms with Gasteiger partial charge in [0.15, 0.2) is 0 Å². The van der Waals surface area contributed by atoms with Crippen LogP contribution in [-0.4, -0.2) is 97.5 Å². The maximum atomic E-state index is 10.7. The summed E-state index contributed by atoms with van der Waals surface area (Å²) < 4.78 is 0. The second kappa shape index (κ2) is 12.9. The monoisotopic (exact) mass is 408 g/mol. The molecular formula is C24H48N4O. The molecule has 0 bridgehead atoms. The minimum atomic E-state index is 0.683. The van der Waals surface area contributed by atoms with Crippen LogP contribution in [0.2, 0.25) is 0 Å². The number of likely N-dealkylation sites (tertiary alicyclic amines) is 2. The zero-order chi connectivity index (χ0) is 21.2. The van der Waals surface area contributed by atoms with Gasteiger partial charge in [-0.1, -0.05) is 20.8 Å². The predicted molar refractivity (Wildman–Crippen MR) is 123 cm³/mol. The molecule has 0 aromatic heterocycles. The topological polar surface area (TPSA) is 30.0 Å². The normalized spacial score (nSPS) is 24.0. The van der Waals surface area contributed by atoms with E-state index >= 15 is 0 Å². The molecule has 0 aromatic carbocycles. The molecule has 0 N–H and O–H groups in total. The lowest BCUT2D eigenvalue weighted by atomic mass is 9.87. The molecule has 3 aliphatic rings. The number of carbonyl (C=O) groups excluding carboxylic acids is 1. The highest BCUT2D eigenvalue weighted by Gasteiger charge is 2.24. The molecule has 5 heteroatoms. The van der Waals surface area contributed by atoms with Crippen LogP contribution in [0.4, 0.5) is 0 Å². The van der Waals surface area contributed by atoms with E-state index in [4.69, 9.17) is 0 Å². The summed E-state index contributed by atoms with van der Waals surface area (Å²) in [5.41, 5.74) is 0. The third-order valence-electron chi connectivity index (χ3n) is 7.47. The molecule has 3 aliphatic heterocycles. The van der Waals surface area contributed by atoms with Crippen molar-refractivity contribution in [3.63, 3.8) is 0 Å². The Morgan fingerprint density at radius 3 is 1.83 bits per heavy atom. The minimum Gasteiger partial charge on any atom is -0.345 e. The van der Waals surface area contributed by atoms with Crippen molar-refractivity contribution in [2.75, 3.05) is 65.4 Å². The van der Waals surface area contributed by atoms with Crippen molar-refractivity contribution in [3.8, 4) is 0 Å². The zero-order valence-corrected chi connectivity index (χ0v) is 20.0. The SMILES string of the molecule is CC(C)N1CCN(CC2CCN(C=O)CC2)CC1.CCN1CCC(C(C)C)CC1. The first-order valence-corrected chi connectivity index (χ1v) is 12.3. The van der Waals surface area contributed by atoms with Crippen LogP contribution in [0.1, 0.15) is 60.3 Å². The number of hydrogen-bond donors (Lipinski definition) is 0. The quantitative estimate of drug-likeness (QED) is 0.631. The summed E-state index contributed by atoms with van der Waals surface area (Å²) in [6.07, 6.45) is 6.21. The van der Waals surface area contributed by atoms with Gasteiger partial charge >= 0.3 is 0 Å². The molecule has 5 nitrogen and oxygen atoms in total. The first kappa shape index (κ1) is 24.6. The third-order valence-corrected chi connectivity index (χ3v) is 7.47. The Morgan fingerprint density at radius 2 is 1.38 bits per heavy atom. The fourth-order valence-electron chi connectivity index (χ4n) is 5.00. The van der Waals surface area contributed by atoms with Gasteiger partial charge in [-0.2, -0.15) is 0 Å². The lowest BCUT2D eigenvalue weighted by molar-refractivity contribution is -0.119. The van der Waals surface area contributed by atoms with Crippen LogP contribution < -0.4 is 0 Å². The summed E-state index contributed by atoms with van der Waals surface area (Å²) in [5, 5.41) is 0. The first-order chi connectivity index (χ1) is 13.9. The van der Waals surface area contributed by atoms with Crippen LogP contribution in [0.5, 0.6) is 0 Å². The number of rotatable bonds is 6. The molecule has 0 atom stereocenters. The van der Waals surface area contributed by atoms with Crippen LogP contribution >= 0.6 is 0 Å². The van der Waals surface area contributed by atoms with Gasteiger partial charge < -0.3 is 14.7 Å². The standard InChI is InChI=1S/C14H27N3O.C10H21N/c1-13(2)17-9-7-15(8-10-17)11-14-3-5-16(12-18)6-4-14;1-4-11-7-5-10(6-8-11)9(2)3/h12-14H,3-11H2,1-2H3;9-10H,4-8H2,1-3H3. The Morgan fingerprint density at radius 1 is 0.793 bits per heavy atom. The van der Waals surface area contributed by atoms with E-state index in [1.54, 1.807) is 0 Å². The highest BCUT2D eigenvalue weighted by atomic mass is 16.1. The predicted octanol–water partition coefficient (Wildman–Crippen LogP) is 3.26. The summed E-state index contributed by atoms with van der Waals surface area (Å²) in [6, 6.07) is 0.683. The largest absolute Gasteiger partial charge is 0.345 e. The van der Waals surface area contributed by atoms with Gasteiger partial charge in [-0.15, -0.1) is 0 Å². The maximum absolute atomic E-state index is 10.7. The lowest BCUT2D eigenvalue weighted by Gasteiger charge is -2.39. The Labute approximate surface area is 180 Å². The summed E-state index contributed by atoms with van der Waals surface area (Å²) in [7, 11) is 0. The number of carbonyl (C=O) groups is 1. The van der Waals surface area contributed by atoms with Crippen LogP contribution in [0.3, 0.4) is 0 Å². The summed E-state index contributed by atoms with van der Waals surface area (Å²) in [5.74, 6) is 2.69. The number of nitrogens with zero attached hydrogens (tertiary/aromatic N) is 4. The lowest BCUT2D eigenvalue weighted by Crippen LogP contribution is -2.50. The molecule has 29 heavy (non-hydrogen) atoms. The molecular weight excluding hydrogens is 360 g/mol. The van der Waals surface area contributed by atoms with Crippen molar-refractivity contribution in [1.82, 2.24) is 19.6 Å². The van der Waals surface area contributed by atoms with Crippen molar-refractivity contribution >= 4 is 6.41 Å². The molecule has 0 spiro atoms. The van der Waals surface area contributed by atoms with E-state index in [0.717, 1.165) is 37.3 Å². The second-order valence-corrected chi connectivity index (χ2v) is 10.0. The average molecular weight is 409 g/mol. The van der Waals surface area contributed by atoms with Gasteiger partial charge in [0.2, 0.25) is 6.41 Å². The molecule has 170 valence electrons. The van der Waals surface area contributed by atoms with Crippen LogP contribution in [-0.2, 0) is 4.79 Å². The number of amides is 1. The Hall–Kier alpha value is -0.650. The van der Waals surface area contributed by atoms with Crippen molar-refractivity contribution in [1.29, 1.82) is 0 Å². The van der Waals surface area contributed by atoms with E-state index in [-0.39, 0.29) is 0 Å². The van der Waals surface area contributed by atoms with E-state index in [1.165, 1.54) is 78.0 Å². The Balaban J connectivity index is 0.000000234. The van der Waals surface area contributed by atoms with Gasteiger partial charge in [-0.25, -0.2) is 0 Å². The molecule has 0 aliphatic carbocycles. The molecule has 1 amide bonds. The third kappa shape index (κ3) is 8.55. The fourth-order valence-corrected chi connectivity index (χ4v) is 5.00. The second-order valence-electron chi connectivity index (χ2n) is 10.0. The Kier molecular flexibility index (Phi) is 11.0. The van der Waals surface area contributed by atoms with E-state index in [1.807, 2.05) is 4.90 Å². The molecule has 0 unspecified atom stereocenters.